The maximum Gasteiger partial charge on any atom is 0.240 e. The number of hydrogen-bond donors (Lipinski definition) is 2. The Hall–Kier alpha value is -0.790. The molecule has 3 N–H and O–H groups in total. The van der Waals surface area contributed by atoms with Gasteiger partial charge in [-0.15, -0.1) is 0 Å². The van der Waals surface area contributed by atoms with E-state index in [4.69, 9.17) is 5.73 Å². The standard InChI is InChI=1S/C11H19N3O2S2/c1-3-17-7-5-9(2)14-18(15,16)10-4-6-13-11(12)8-10/h4,6,8-9,14H,3,5,7H2,1-2H3,(H2,12,13). The summed E-state index contributed by atoms with van der Waals surface area (Å²) in [5, 5.41) is 0. The number of anilines is 1. The smallest absolute Gasteiger partial charge is 0.240 e. The van der Waals surface area contributed by atoms with E-state index in [0.717, 1.165) is 17.9 Å². The molecule has 1 atom stereocenters. The summed E-state index contributed by atoms with van der Waals surface area (Å²) in [6, 6.07) is 2.70. The molecule has 0 amide bonds. The number of sulfonamides is 1. The maximum atomic E-state index is 12.0. The number of rotatable bonds is 7. The predicted octanol–water partition coefficient (Wildman–Crippen LogP) is 1.47. The number of nitrogens with one attached hydrogen (secondary N) is 1. The highest BCUT2D eigenvalue weighted by molar-refractivity contribution is 7.99. The summed E-state index contributed by atoms with van der Waals surface area (Å²) < 4.78 is 26.7. The Morgan fingerprint density at radius 3 is 2.89 bits per heavy atom. The first-order valence-electron chi connectivity index (χ1n) is 5.77. The third-order valence-electron chi connectivity index (χ3n) is 2.32. The van der Waals surface area contributed by atoms with Crippen molar-refractivity contribution < 1.29 is 8.42 Å². The number of nitrogen functional groups attached to an aromatic ring is 1. The van der Waals surface area contributed by atoms with E-state index in [1.54, 1.807) is 11.8 Å². The van der Waals surface area contributed by atoms with Crippen LogP contribution in [0.4, 0.5) is 5.82 Å². The zero-order valence-corrected chi connectivity index (χ0v) is 12.2. The van der Waals surface area contributed by atoms with Gasteiger partial charge in [-0.2, -0.15) is 11.8 Å². The van der Waals surface area contributed by atoms with Gasteiger partial charge in [0, 0.05) is 18.3 Å². The van der Waals surface area contributed by atoms with Crippen LogP contribution in [0.3, 0.4) is 0 Å². The van der Waals surface area contributed by atoms with Crippen LogP contribution in [-0.4, -0.2) is 30.9 Å². The minimum absolute atomic E-state index is 0.0940. The van der Waals surface area contributed by atoms with Crippen LogP contribution in [0.2, 0.25) is 0 Å². The van der Waals surface area contributed by atoms with Crippen LogP contribution in [0.15, 0.2) is 23.2 Å². The lowest BCUT2D eigenvalue weighted by Crippen LogP contribution is -2.33. The van der Waals surface area contributed by atoms with Gasteiger partial charge in [0.15, 0.2) is 0 Å². The molecule has 0 aliphatic heterocycles. The average molecular weight is 289 g/mol. The van der Waals surface area contributed by atoms with Gasteiger partial charge >= 0.3 is 0 Å². The van der Waals surface area contributed by atoms with E-state index in [1.165, 1.54) is 18.3 Å². The Labute approximate surface area is 113 Å². The maximum absolute atomic E-state index is 12.0. The first kappa shape index (κ1) is 15.3. The minimum atomic E-state index is -3.50. The second-order valence-corrected chi connectivity index (χ2v) is 7.03. The van der Waals surface area contributed by atoms with E-state index in [0.29, 0.717) is 0 Å². The quantitative estimate of drug-likeness (QED) is 0.743. The largest absolute Gasteiger partial charge is 0.384 e. The van der Waals surface area contributed by atoms with Crippen molar-refractivity contribution in [1.29, 1.82) is 0 Å². The van der Waals surface area contributed by atoms with Crippen LogP contribution < -0.4 is 10.5 Å². The molecular formula is C11H19N3O2S2. The Kier molecular flexibility index (Phi) is 5.90. The summed E-state index contributed by atoms with van der Waals surface area (Å²) in [5.41, 5.74) is 5.48. The monoisotopic (exact) mass is 289 g/mol. The Morgan fingerprint density at radius 1 is 1.56 bits per heavy atom. The van der Waals surface area contributed by atoms with Crippen LogP contribution in [0.25, 0.3) is 0 Å². The molecule has 1 rings (SSSR count). The van der Waals surface area contributed by atoms with Crippen molar-refractivity contribution in [2.24, 2.45) is 0 Å². The van der Waals surface area contributed by atoms with Crippen LogP contribution in [0, 0.1) is 0 Å². The van der Waals surface area contributed by atoms with Crippen molar-refractivity contribution >= 4 is 27.6 Å². The van der Waals surface area contributed by atoms with Gasteiger partial charge in [0.1, 0.15) is 5.82 Å². The first-order chi connectivity index (χ1) is 8.45. The summed E-state index contributed by atoms with van der Waals surface area (Å²) in [4.78, 5) is 3.93. The molecule has 0 aliphatic carbocycles. The van der Waals surface area contributed by atoms with Gasteiger partial charge in [-0.3, -0.25) is 0 Å². The lowest BCUT2D eigenvalue weighted by Gasteiger charge is -2.13. The van der Waals surface area contributed by atoms with Crippen molar-refractivity contribution in [3.8, 4) is 0 Å². The molecule has 5 nitrogen and oxygen atoms in total. The van der Waals surface area contributed by atoms with Gasteiger partial charge in [0.05, 0.1) is 4.90 Å². The summed E-state index contributed by atoms with van der Waals surface area (Å²) in [5.74, 6) is 2.19. The SMILES string of the molecule is CCSCCC(C)NS(=O)(=O)c1ccnc(N)c1. The second-order valence-electron chi connectivity index (χ2n) is 3.92. The molecule has 102 valence electrons. The highest BCUT2D eigenvalue weighted by Gasteiger charge is 2.17. The number of hydrogen-bond acceptors (Lipinski definition) is 5. The van der Waals surface area contributed by atoms with E-state index in [1.807, 2.05) is 6.92 Å². The molecule has 1 aromatic heterocycles. The molecule has 0 aliphatic rings. The minimum Gasteiger partial charge on any atom is -0.384 e. The topological polar surface area (TPSA) is 85.1 Å². The highest BCUT2D eigenvalue weighted by atomic mass is 32.2. The van der Waals surface area contributed by atoms with Crippen LogP contribution in [0.1, 0.15) is 20.3 Å². The zero-order chi connectivity index (χ0) is 13.6. The van der Waals surface area contributed by atoms with Gasteiger partial charge in [-0.1, -0.05) is 6.92 Å². The molecule has 0 radical (unpaired) electrons. The Balaban J connectivity index is 2.64. The number of nitrogens with zero attached hydrogens (tertiary/aromatic N) is 1. The van der Waals surface area contributed by atoms with Crippen LogP contribution in [0.5, 0.6) is 0 Å². The van der Waals surface area contributed by atoms with Gasteiger partial charge in [0.2, 0.25) is 10.0 Å². The second kappa shape index (κ2) is 6.96. The molecule has 0 aromatic carbocycles. The predicted molar refractivity (Wildman–Crippen MR) is 76.0 cm³/mol. The fourth-order valence-corrected chi connectivity index (χ4v) is 3.50. The Morgan fingerprint density at radius 2 is 2.28 bits per heavy atom. The van der Waals surface area contributed by atoms with E-state index < -0.39 is 10.0 Å². The van der Waals surface area contributed by atoms with Crippen molar-refractivity contribution in [3.63, 3.8) is 0 Å². The van der Waals surface area contributed by atoms with Crippen molar-refractivity contribution in [3.05, 3.63) is 18.3 Å². The molecular weight excluding hydrogens is 270 g/mol. The molecule has 0 saturated heterocycles. The highest BCUT2D eigenvalue weighted by Crippen LogP contribution is 2.12. The Bertz CT molecular complexity index is 477. The number of nitrogens with two attached hydrogens (primary N) is 1. The van der Waals surface area contributed by atoms with Crippen LogP contribution >= 0.6 is 11.8 Å². The summed E-state index contributed by atoms with van der Waals surface area (Å²) in [7, 11) is -3.50. The number of aromatic nitrogens is 1. The molecule has 0 spiro atoms. The fourth-order valence-electron chi connectivity index (χ4n) is 1.39. The average Bonchev–Trinajstić information content (AvgIpc) is 2.28. The summed E-state index contributed by atoms with van der Waals surface area (Å²) >= 11 is 1.80. The third-order valence-corrected chi connectivity index (χ3v) is 4.84. The molecule has 1 aromatic rings. The number of pyridine rings is 1. The molecule has 1 heterocycles. The van der Waals surface area contributed by atoms with Crippen molar-refractivity contribution in [2.75, 3.05) is 17.2 Å². The molecule has 0 fully saturated rings. The molecule has 1 unspecified atom stereocenters. The third kappa shape index (κ3) is 4.83. The van der Waals surface area contributed by atoms with E-state index in [9.17, 15) is 8.42 Å². The van der Waals surface area contributed by atoms with E-state index in [2.05, 4.69) is 16.6 Å². The van der Waals surface area contributed by atoms with Crippen molar-refractivity contribution in [1.82, 2.24) is 9.71 Å². The van der Waals surface area contributed by atoms with Crippen molar-refractivity contribution in [2.45, 2.75) is 31.2 Å². The van der Waals surface area contributed by atoms with Gasteiger partial charge in [0.25, 0.3) is 0 Å². The van der Waals surface area contributed by atoms with Gasteiger partial charge in [-0.25, -0.2) is 18.1 Å². The molecule has 7 heteroatoms. The van der Waals surface area contributed by atoms with E-state index >= 15 is 0 Å². The summed E-state index contributed by atoms with van der Waals surface area (Å²) in [6.45, 7) is 3.94. The molecule has 0 bridgehead atoms. The lowest BCUT2D eigenvalue weighted by atomic mass is 10.3. The zero-order valence-electron chi connectivity index (χ0n) is 10.6. The van der Waals surface area contributed by atoms with E-state index in [-0.39, 0.29) is 16.8 Å². The molecule has 18 heavy (non-hydrogen) atoms. The van der Waals surface area contributed by atoms with Gasteiger partial charge < -0.3 is 5.73 Å². The normalized spacial score (nSPS) is 13.4. The molecule has 0 saturated carbocycles. The lowest BCUT2D eigenvalue weighted by molar-refractivity contribution is 0.557. The fraction of sp³-hybridized carbons (Fsp3) is 0.545. The summed E-state index contributed by atoms with van der Waals surface area (Å²) in [6.07, 6.45) is 2.19. The first-order valence-corrected chi connectivity index (χ1v) is 8.41. The number of thioether (sulfide) groups is 1. The van der Waals surface area contributed by atoms with Crippen LogP contribution in [-0.2, 0) is 10.0 Å². The van der Waals surface area contributed by atoms with Gasteiger partial charge in [-0.05, 0) is 30.9 Å².